The summed E-state index contributed by atoms with van der Waals surface area (Å²) in [7, 11) is 0. The second-order valence-corrected chi connectivity index (χ2v) is 3.33. The molecule has 3 heteroatoms. The lowest BCUT2D eigenvalue weighted by Gasteiger charge is -2.10. The number of carbonyl (C=O) groups is 1. The molecule has 0 aliphatic carbocycles. The van der Waals surface area contributed by atoms with Crippen LogP contribution in [0, 0.1) is 0 Å². The van der Waals surface area contributed by atoms with Crippen LogP contribution in [0.15, 0.2) is 0 Å². The minimum atomic E-state index is -0.191. The second kappa shape index (κ2) is 4.58. The maximum Gasteiger partial charge on any atom is 0.187 e. The van der Waals surface area contributed by atoms with E-state index in [1.807, 2.05) is 13.8 Å². The molecule has 1 rings (SSSR count). The SMILES string of the molecule is CC(C)OCC(=O)C1CCCO1. The zero-order chi connectivity index (χ0) is 8.97. The highest BCUT2D eigenvalue weighted by Crippen LogP contribution is 2.12. The summed E-state index contributed by atoms with van der Waals surface area (Å²) < 4.78 is 10.4. The smallest absolute Gasteiger partial charge is 0.187 e. The molecule has 0 spiro atoms. The van der Waals surface area contributed by atoms with Crippen molar-refractivity contribution in [3.8, 4) is 0 Å². The molecule has 70 valence electrons. The first-order valence-electron chi connectivity index (χ1n) is 4.46. The summed E-state index contributed by atoms with van der Waals surface area (Å²) in [5, 5.41) is 0. The Labute approximate surface area is 73.0 Å². The third-order valence-corrected chi connectivity index (χ3v) is 1.85. The van der Waals surface area contributed by atoms with Gasteiger partial charge in [0.05, 0.1) is 6.10 Å². The van der Waals surface area contributed by atoms with Gasteiger partial charge in [-0.05, 0) is 26.7 Å². The molecule has 1 aliphatic heterocycles. The Hall–Kier alpha value is -0.410. The van der Waals surface area contributed by atoms with Gasteiger partial charge in [0.1, 0.15) is 12.7 Å². The summed E-state index contributed by atoms with van der Waals surface area (Å²) in [5.41, 5.74) is 0. The number of hydrogen-bond donors (Lipinski definition) is 0. The number of carbonyl (C=O) groups excluding carboxylic acids is 1. The Bertz CT molecular complexity index is 148. The fourth-order valence-electron chi connectivity index (χ4n) is 1.17. The topological polar surface area (TPSA) is 35.5 Å². The number of ketones is 1. The zero-order valence-electron chi connectivity index (χ0n) is 7.71. The van der Waals surface area contributed by atoms with Crippen LogP contribution in [0.3, 0.4) is 0 Å². The fraction of sp³-hybridized carbons (Fsp3) is 0.889. The van der Waals surface area contributed by atoms with Crippen molar-refractivity contribution in [3.63, 3.8) is 0 Å². The third kappa shape index (κ3) is 2.91. The van der Waals surface area contributed by atoms with Crippen molar-refractivity contribution < 1.29 is 14.3 Å². The molecular formula is C9H16O3. The van der Waals surface area contributed by atoms with Crippen LogP contribution in [-0.4, -0.2) is 31.2 Å². The van der Waals surface area contributed by atoms with E-state index in [9.17, 15) is 4.79 Å². The summed E-state index contributed by atoms with van der Waals surface area (Å²) in [6, 6.07) is 0. The van der Waals surface area contributed by atoms with Gasteiger partial charge < -0.3 is 9.47 Å². The average Bonchev–Trinajstić information content (AvgIpc) is 2.51. The standard InChI is InChI=1S/C9H16O3/c1-7(2)12-6-8(10)9-4-3-5-11-9/h7,9H,3-6H2,1-2H3. The molecule has 1 atom stereocenters. The highest BCUT2D eigenvalue weighted by molar-refractivity contribution is 5.84. The van der Waals surface area contributed by atoms with E-state index in [0.29, 0.717) is 0 Å². The Balaban J connectivity index is 2.18. The molecule has 0 aromatic carbocycles. The maximum absolute atomic E-state index is 11.3. The highest BCUT2D eigenvalue weighted by atomic mass is 16.5. The van der Waals surface area contributed by atoms with Gasteiger partial charge in [0.15, 0.2) is 5.78 Å². The van der Waals surface area contributed by atoms with Gasteiger partial charge >= 0.3 is 0 Å². The fourth-order valence-corrected chi connectivity index (χ4v) is 1.17. The van der Waals surface area contributed by atoms with Crippen LogP contribution in [0.4, 0.5) is 0 Å². The summed E-state index contributed by atoms with van der Waals surface area (Å²) in [6.07, 6.45) is 1.79. The molecule has 0 amide bonds. The van der Waals surface area contributed by atoms with Crippen molar-refractivity contribution in [3.05, 3.63) is 0 Å². The van der Waals surface area contributed by atoms with E-state index in [2.05, 4.69) is 0 Å². The molecule has 3 nitrogen and oxygen atoms in total. The van der Waals surface area contributed by atoms with Crippen molar-refractivity contribution >= 4 is 5.78 Å². The largest absolute Gasteiger partial charge is 0.371 e. The first kappa shape index (κ1) is 9.68. The summed E-state index contributed by atoms with van der Waals surface area (Å²) in [5.74, 6) is 0.0844. The molecule has 1 unspecified atom stereocenters. The molecule has 0 aromatic heterocycles. The van der Waals surface area contributed by atoms with Gasteiger partial charge in [0, 0.05) is 6.61 Å². The Morgan fingerprint density at radius 2 is 2.42 bits per heavy atom. The summed E-state index contributed by atoms with van der Waals surface area (Å²) in [6.45, 7) is 4.76. The quantitative estimate of drug-likeness (QED) is 0.638. The molecule has 1 heterocycles. The van der Waals surface area contributed by atoms with E-state index in [4.69, 9.17) is 9.47 Å². The van der Waals surface area contributed by atoms with Crippen LogP contribution in [0.2, 0.25) is 0 Å². The molecule has 0 aromatic rings. The van der Waals surface area contributed by atoms with Gasteiger partial charge in [-0.1, -0.05) is 0 Å². The second-order valence-electron chi connectivity index (χ2n) is 3.33. The number of ether oxygens (including phenoxy) is 2. The van der Waals surface area contributed by atoms with Crippen LogP contribution < -0.4 is 0 Å². The molecule has 0 bridgehead atoms. The van der Waals surface area contributed by atoms with E-state index in [1.165, 1.54) is 0 Å². The molecule has 1 saturated heterocycles. The predicted octanol–water partition coefficient (Wildman–Crippen LogP) is 1.16. The number of hydrogen-bond acceptors (Lipinski definition) is 3. The van der Waals surface area contributed by atoms with E-state index >= 15 is 0 Å². The molecule has 1 aliphatic rings. The van der Waals surface area contributed by atoms with Crippen molar-refractivity contribution in [2.24, 2.45) is 0 Å². The van der Waals surface area contributed by atoms with Crippen LogP contribution in [-0.2, 0) is 14.3 Å². The lowest BCUT2D eigenvalue weighted by Crippen LogP contribution is -2.25. The van der Waals surface area contributed by atoms with Gasteiger partial charge in [-0.25, -0.2) is 0 Å². The summed E-state index contributed by atoms with van der Waals surface area (Å²) in [4.78, 5) is 11.3. The minimum Gasteiger partial charge on any atom is -0.371 e. The van der Waals surface area contributed by atoms with Crippen LogP contribution in [0.25, 0.3) is 0 Å². The summed E-state index contributed by atoms with van der Waals surface area (Å²) >= 11 is 0. The highest BCUT2D eigenvalue weighted by Gasteiger charge is 2.23. The average molecular weight is 172 g/mol. The number of rotatable bonds is 4. The van der Waals surface area contributed by atoms with E-state index in [-0.39, 0.29) is 24.6 Å². The van der Waals surface area contributed by atoms with E-state index in [1.54, 1.807) is 0 Å². The third-order valence-electron chi connectivity index (χ3n) is 1.85. The first-order valence-corrected chi connectivity index (χ1v) is 4.46. The molecule has 0 N–H and O–H groups in total. The van der Waals surface area contributed by atoms with Crippen molar-refractivity contribution in [1.82, 2.24) is 0 Å². The lowest BCUT2D eigenvalue weighted by molar-refractivity contribution is -0.133. The Kier molecular flexibility index (Phi) is 3.69. The molecule has 0 radical (unpaired) electrons. The van der Waals surface area contributed by atoms with Crippen molar-refractivity contribution in [2.45, 2.75) is 38.9 Å². The normalized spacial score (nSPS) is 23.4. The lowest BCUT2D eigenvalue weighted by atomic mass is 10.2. The van der Waals surface area contributed by atoms with Crippen LogP contribution in [0.5, 0.6) is 0 Å². The van der Waals surface area contributed by atoms with Gasteiger partial charge in [-0.2, -0.15) is 0 Å². The van der Waals surface area contributed by atoms with E-state index in [0.717, 1.165) is 19.4 Å². The van der Waals surface area contributed by atoms with Gasteiger partial charge in [-0.15, -0.1) is 0 Å². The minimum absolute atomic E-state index is 0.0844. The maximum atomic E-state index is 11.3. The van der Waals surface area contributed by atoms with Crippen LogP contribution in [0.1, 0.15) is 26.7 Å². The molecule has 0 saturated carbocycles. The van der Waals surface area contributed by atoms with Crippen molar-refractivity contribution in [2.75, 3.05) is 13.2 Å². The van der Waals surface area contributed by atoms with Crippen molar-refractivity contribution in [1.29, 1.82) is 0 Å². The monoisotopic (exact) mass is 172 g/mol. The molecule has 12 heavy (non-hydrogen) atoms. The van der Waals surface area contributed by atoms with Gasteiger partial charge in [-0.3, -0.25) is 4.79 Å². The van der Waals surface area contributed by atoms with Crippen LogP contribution >= 0.6 is 0 Å². The zero-order valence-corrected chi connectivity index (χ0v) is 7.71. The van der Waals surface area contributed by atoms with E-state index < -0.39 is 0 Å². The molecular weight excluding hydrogens is 156 g/mol. The van der Waals surface area contributed by atoms with Gasteiger partial charge in [0.25, 0.3) is 0 Å². The number of Topliss-reactive ketones (excluding diaryl/α,β-unsaturated/α-hetero) is 1. The Morgan fingerprint density at radius 1 is 1.67 bits per heavy atom. The Morgan fingerprint density at radius 3 is 2.92 bits per heavy atom. The molecule has 1 fully saturated rings. The van der Waals surface area contributed by atoms with Gasteiger partial charge in [0.2, 0.25) is 0 Å². The first-order chi connectivity index (χ1) is 5.70. The predicted molar refractivity (Wildman–Crippen MR) is 45.1 cm³/mol.